The molecule has 124 valence electrons. The molecule has 2 heterocycles. The highest BCUT2D eigenvalue weighted by atomic mass is 16.5. The van der Waals surface area contributed by atoms with Gasteiger partial charge < -0.3 is 14.7 Å². The van der Waals surface area contributed by atoms with Crippen LogP contribution in [0.3, 0.4) is 0 Å². The van der Waals surface area contributed by atoms with Gasteiger partial charge in [-0.1, -0.05) is 30.3 Å². The molecule has 1 aromatic carbocycles. The lowest BCUT2D eigenvalue weighted by Crippen LogP contribution is -2.30. The Morgan fingerprint density at radius 1 is 1.17 bits per heavy atom. The minimum Gasteiger partial charge on any atom is -0.481 e. The van der Waals surface area contributed by atoms with Crippen LogP contribution in [-0.4, -0.2) is 47.1 Å². The Morgan fingerprint density at radius 3 is 2.50 bits per heavy atom. The molecule has 0 saturated carbocycles. The molecule has 3 rings (SSSR count). The van der Waals surface area contributed by atoms with Crippen LogP contribution in [0, 0.1) is 5.92 Å². The number of carbonyl (C=O) groups excluding carboxylic acids is 1. The van der Waals surface area contributed by atoms with Gasteiger partial charge in [-0.15, -0.1) is 0 Å². The second kappa shape index (κ2) is 6.70. The van der Waals surface area contributed by atoms with Crippen molar-refractivity contribution in [3.8, 4) is 5.88 Å². The lowest BCUT2D eigenvalue weighted by molar-refractivity contribution is -0.141. The number of rotatable bonds is 4. The first-order valence-electron chi connectivity index (χ1n) is 7.67. The van der Waals surface area contributed by atoms with Crippen molar-refractivity contribution in [3.63, 3.8) is 0 Å². The number of aromatic nitrogens is 1. The monoisotopic (exact) mass is 326 g/mol. The van der Waals surface area contributed by atoms with Crippen LogP contribution in [0.4, 0.5) is 0 Å². The van der Waals surface area contributed by atoms with Crippen molar-refractivity contribution in [2.24, 2.45) is 5.92 Å². The normalized spacial score (nSPS) is 20.0. The average molecular weight is 326 g/mol. The zero-order chi connectivity index (χ0) is 17.1. The second-order valence-electron chi connectivity index (χ2n) is 5.76. The fourth-order valence-electron chi connectivity index (χ4n) is 3.07. The van der Waals surface area contributed by atoms with Crippen molar-refractivity contribution in [2.75, 3.05) is 20.2 Å². The summed E-state index contributed by atoms with van der Waals surface area (Å²) in [6.07, 6.45) is 1.45. The van der Waals surface area contributed by atoms with Crippen LogP contribution in [0.15, 0.2) is 48.7 Å². The highest BCUT2D eigenvalue weighted by molar-refractivity contribution is 5.94. The number of aliphatic carboxylic acids is 1. The molecule has 1 saturated heterocycles. The van der Waals surface area contributed by atoms with Crippen molar-refractivity contribution in [2.45, 2.75) is 5.92 Å². The van der Waals surface area contributed by atoms with E-state index < -0.39 is 11.9 Å². The first-order valence-corrected chi connectivity index (χ1v) is 7.67. The van der Waals surface area contributed by atoms with E-state index in [1.54, 1.807) is 17.0 Å². The number of benzene rings is 1. The molecule has 6 heteroatoms. The average Bonchev–Trinajstić information content (AvgIpc) is 3.07. The van der Waals surface area contributed by atoms with Gasteiger partial charge in [0.1, 0.15) is 0 Å². The molecule has 1 aliphatic heterocycles. The van der Waals surface area contributed by atoms with Crippen molar-refractivity contribution in [1.29, 1.82) is 0 Å². The highest BCUT2D eigenvalue weighted by Crippen LogP contribution is 2.33. The van der Waals surface area contributed by atoms with E-state index in [0.717, 1.165) is 5.56 Å². The summed E-state index contributed by atoms with van der Waals surface area (Å²) < 4.78 is 4.98. The Morgan fingerprint density at radius 2 is 1.92 bits per heavy atom. The van der Waals surface area contributed by atoms with Gasteiger partial charge in [-0.2, -0.15) is 0 Å². The van der Waals surface area contributed by atoms with E-state index in [9.17, 15) is 14.7 Å². The van der Waals surface area contributed by atoms with Gasteiger partial charge in [-0.05, 0) is 11.6 Å². The van der Waals surface area contributed by atoms with Gasteiger partial charge >= 0.3 is 5.97 Å². The Bertz CT molecular complexity index is 730. The zero-order valence-corrected chi connectivity index (χ0v) is 13.3. The third-order valence-corrected chi connectivity index (χ3v) is 4.34. The number of methoxy groups -OCH3 is 1. The van der Waals surface area contributed by atoms with Crippen LogP contribution in [0.1, 0.15) is 21.8 Å². The van der Waals surface area contributed by atoms with E-state index in [1.165, 1.54) is 13.3 Å². The molecule has 0 bridgehead atoms. The molecule has 1 amide bonds. The molecule has 0 unspecified atom stereocenters. The van der Waals surface area contributed by atoms with Crippen LogP contribution >= 0.6 is 0 Å². The van der Waals surface area contributed by atoms with Gasteiger partial charge in [-0.25, -0.2) is 4.98 Å². The lowest BCUT2D eigenvalue weighted by Gasteiger charge is -2.16. The molecule has 2 aromatic rings. The SMILES string of the molecule is COc1ccc(C(=O)N2C[C@H](C(=O)O)[C@H](c3ccccc3)C2)cn1. The van der Waals surface area contributed by atoms with Gasteiger partial charge in [0.25, 0.3) is 5.91 Å². The molecule has 1 fully saturated rings. The quantitative estimate of drug-likeness (QED) is 0.930. The summed E-state index contributed by atoms with van der Waals surface area (Å²) in [6.45, 7) is 0.575. The first-order chi connectivity index (χ1) is 11.6. The number of hydrogen-bond acceptors (Lipinski definition) is 4. The predicted molar refractivity (Wildman–Crippen MR) is 87.0 cm³/mol. The molecule has 0 spiro atoms. The van der Waals surface area contributed by atoms with E-state index in [0.29, 0.717) is 18.0 Å². The number of ether oxygens (including phenoxy) is 1. The fraction of sp³-hybridized carbons (Fsp3) is 0.278. The molecule has 1 N–H and O–H groups in total. The molecule has 0 radical (unpaired) electrons. The van der Waals surface area contributed by atoms with E-state index in [4.69, 9.17) is 4.74 Å². The molecule has 1 aromatic heterocycles. The van der Waals surface area contributed by atoms with Crippen molar-refractivity contribution >= 4 is 11.9 Å². The number of carbonyl (C=O) groups is 2. The van der Waals surface area contributed by atoms with Crippen molar-refractivity contribution < 1.29 is 19.4 Å². The first kappa shape index (κ1) is 16.0. The van der Waals surface area contributed by atoms with Gasteiger partial charge in [0.2, 0.25) is 5.88 Å². The number of carboxylic acids is 1. The maximum atomic E-state index is 12.6. The Balaban J connectivity index is 1.82. The summed E-state index contributed by atoms with van der Waals surface area (Å²) in [5, 5.41) is 9.52. The Kier molecular flexibility index (Phi) is 4.46. The number of hydrogen-bond donors (Lipinski definition) is 1. The predicted octanol–water partition coefficient (Wildman–Crippen LogP) is 2.03. The molecular weight excluding hydrogens is 308 g/mol. The summed E-state index contributed by atoms with van der Waals surface area (Å²) in [4.78, 5) is 29.9. The molecule has 24 heavy (non-hydrogen) atoms. The summed E-state index contributed by atoms with van der Waals surface area (Å²) in [5.74, 6) is -1.48. The van der Waals surface area contributed by atoms with Crippen LogP contribution in [0.2, 0.25) is 0 Å². The third-order valence-electron chi connectivity index (χ3n) is 4.34. The van der Waals surface area contributed by atoms with E-state index in [2.05, 4.69) is 4.98 Å². The standard InChI is InChI=1S/C18H18N2O4/c1-24-16-8-7-13(9-19-16)17(21)20-10-14(15(11-20)18(22)23)12-5-3-2-4-6-12/h2-9,14-15H,10-11H2,1H3,(H,22,23)/t14-,15-/m0/s1. The second-order valence-corrected chi connectivity index (χ2v) is 5.76. The van der Waals surface area contributed by atoms with Crippen molar-refractivity contribution in [3.05, 3.63) is 59.8 Å². The lowest BCUT2D eigenvalue weighted by atomic mass is 9.89. The maximum absolute atomic E-state index is 12.6. The molecular formula is C18H18N2O4. The van der Waals surface area contributed by atoms with Crippen LogP contribution in [0.25, 0.3) is 0 Å². The number of likely N-dealkylation sites (tertiary alicyclic amines) is 1. The van der Waals surface area contributed by atoms with Crippen LogP contribution in [0.5, 0.6) is 5.88 Å². The summed E-state index contributed by atoms with van der Waals surface area (Å²) in [5.41, 5.74) is 1.36. The zero-order valence-electron chi connectivity index (χ0n) is 13.3. The summed E-state index contributed by atoms with van der Waals surface area (Å²) >= 11 is 0. The van der Waals surface area contributed by atoms with Crippen LogP contribution in [-0.2, 0) is 4.79 Å². The summed E-state index contributed by atoms with van der Waals surface area (Å²) in [6, 6.07) is 12.7. The number of carboxylic acid groups (broad SMARTS) is 1. The highest BCUT2D eigenvalue weighted by Gasteiger charge is 2.40. The van der Waals surface area contributed by atoms with Gasteiger partial charge in [0.05, 0.1) is 18.6 Å². The maximum Gasteiger partial charge on any atom is 0.308 e. The summed E-state index contributed by atoms with van der Waals surface area (Å²) in [7, 11) is 1.51. The Labute approximate surface area is 139 Å². The van der Waals surface area contributed by atoms with E-state index in [-0.39, 0.29) is 18.4 Å². The fourth-order valence-corrected chi connectivity index (χ4v) is 3.07. The van der Waals surface area contributed by atoms with Gasteiger partial charge in [0, 0.05) is 31.3 Å². The number of amides is 1. The van der Waals surface area contributed by atoms with Gasteiger partial charge in [0.15, 0.2) is 0 Å². The van der Waals surface area contributed by atoms with Gasteiger partial charge in [-0.3, -0.25) is 9.59 Å². The molecule has 0 aliphatic carbocycles. The van der Waals surface area contributed by atoms with Crippen molar-refractivity contribution in [1.82, 2.24) is 9.88 Å². The Hall–Kier alpha value is -2.89. The smallest absolute Gasteiger partial charge is 0.308 e. The molecule has 6 nitrogen and oxygen atoms in total. The minimum atomic E-state index is -0.882. The molecule has 1 aliphatic rings. The molecule has 2 atom stereocenters. The minimum absolute atomic E-state index is 0.194. The van der Waals surface area contributed by atoms with E-state index in [1.807, 2.05) is 30.3 Å². The largest absolute Gasteiger partial charge is 0.481 e. The van der Waals surface area contributed by atoms with E-state index >= 15 is 0 Å². The number of nitrogens with zero attached hydrogens (tertiary/aromatic N) is 2. The number of pyridine rings is 1. The topological polar surface area (TPSA) is 79.7 Å². The van der Waals surface area contributed by atoms with Crippen LogP contribution < -0.4 is 4.74 Å². The third kappa shape index (κ3) is 3.08.